The Bertz CT molecular complexity index is 767. The molecule has 3 rings (SSSR count). The molecule has 1 N–H and O–H groups in total. The molecule has 3 heterocycles. The first-order valence-electron chi connectivity index (χ1n) is 7.18. The molecule has 3 aromatic rings. The predicted octanol–water partition coefficient (Wildman–Crippen LogP) is 3.79. The summed E-state index contributed by atoms with van der Waals surface area (Å²) in [6, 6.07) is 6.01. The maximum absolute atomic E-state index is 5.54. The molecule has 0 saturated heterocycles. The van der Waals surface area contributed by atoms with Crippen molar-refractivity contribution < 1.29 is 4.74 Å². The lowest BCUT2D eigenvalue weighted by atomic mass is 10.2. The highest BCUT2D eigenvalue weighted by atomic mass is 32.1. The maximum Gasteiger partial charge on any atom is 0.213 e. The van der Waals surface area contributed by atoms with Gasteiger partial charge in [-0.3, -0.25) is 0 Å². The van der Waals surface area contributed by atoms with E-state index in [0.717, 1.165) is 21.6 Å². The average Bonchev–Trinajstić information content (AvgIpc) is 2.86. The lowest BCUT2D eigenvalue weighted by Gasteiger charge is -2.09. The summed E-state index contributed by atoms with van der Waals surface area (Å²) in [5.74, 6) is 1.51. The van der Waals surface area contributed by atoms with Gasteiger partial charge in [0.15, 0.2) is 0 Å². The molecule has 0 aliphatic rings. The highest BCUT2D eigenvalue weighted by molar-refractivity contribution is 7.18. The van der Waals surface area contributed by atoms with Crippen molar-refractivity contribution in [2.45, 2.75) is 33.4 Å². The van der Waals surface area contributed by atoms with Crippen LogP contribution in [0, 0.1) is 6.92 Å². The van der Waals surface area contributed by atoms with Crippen molar-refractivity contribution in [1.29, 1.82) is 0 Å². The molecule has 6 heteroatoms. The van der Waals surface area contributed by atoms with Crippen LogP contribution in [0.5, 0.6) is 5.88 Å². The summed E-state index contributed by atoms with van der Waals surface area (Å²) < 4.78 is 5.54. The Labute approximate surface area is 133 Å². The fourth-order valence-electron chi connectivity index (χ4n) is 2.13. The number of ether oxygens (including phenoxy) is 1. The zero-order valence-corrected chi connectivity index (χ0v) is 13.6. The molecule has 0 radical (unpaired) electrons. The number of hydrogen-bond acceptors (Lipinski definition) is 6. The van der Waals surface area contributed by atoms with E-state index in [9.17, 15) is 0 Å². The van der Waals surface area contributed by atoms with Crippen LogP contribution in [0.1, 0.15) is 24.3 Å². The second kappa shape index (κ2) is 6.27. The van der Waals surface area contributed by atoms with Gasteiger partial charge in [-0.15, -0.1) is 11.3 Å². The van der Waals surface area contributed by atoms with Gasteiger partial charge in [0.05, 0.1) is 11.5 Å². The van der Waals surface area contributed by atoms with Crippen LogP contribution in [-0.2, 0) is 6.54 Å². The van der Waals surface area contributed by atoms with Crippen LogP contribution < -0.4 is 10.1 Å². The van der Waals surface area contributed by atoms with Gasteiger partial charge in [0, 0.05) is 23.7 Å². The zero-order chi connectivity index (χ0) is 15.5. The predicted molar refractivity (Wildman–Crippen MR) is 89.5 cm³/mol. The Morgan fingerprint density at radius 3 is 2.82 bits per heavy atom. The van der Waals surface area contributed by atoms with E-state index in [1.807, 2.05) is 32.2 Å². The molecule has 0 unspecified atom stereocenters. The molecule has 0 saturated carbocycles. The molecule has 0 aromatic carbocycles. The minimum Gasteiger partial charge on any atom is -0.475 e. The lowest BCUT2D eigenvalue weighted by molar-refractivity contribution is 0.232. The molecule has 0 aliphatic carbocycles. The van der Waals surface area contributed by atoms with Gasteiger partial charge in [-0.25, -0.2) is 15.0 Å². The molecular weight excluding hydrogens is 296 g/mol. The fourth-order valence-corrected chi connectivity index (χ4v) is 2.98. The first kappa shape index (κ1) is 14.7. The smallest absolute Gasteiger partial charge is 0.213 e. The van der Waals surface area contributed by atoms with Crippen LogP contribution >= 0.6 is 11.3 Å². The van der Waals surface area contributed by atoms with Crippen molar-refractivity contribution in [2.75, 3.05) is 5.32 Å². The third kappa shape index (κ3) is 3.33. The number of thiophene rings is 1. The van der Waals surface area contributed by atoms with Gasteiger partial charge in [-0.1, -0.05) is 6.07 Å². The molecule has 0 atom stereocenters. The van der Waals surface area contributed by atoms with Crippen LogP contribution in [0.4, 0.5) is 5.82 Å². The largest absolute Gasteiger partial charge is 0.475 e. The van der Waals surface area contributed by atoms with Crippen molar-refractivity contribution in [3.63, 3.8) is 0 Å². The molecule has 114 valence electrons. The van der Waals surface area contributed by atoms with Crippen molar-refractivity contribution in [1.82, 2.24) is 15.0 Å². The number of hydrogen-bond donors (Lipinski definition) is 1. The van der Waals surface area contributed by atoms with Crippen LogP contribution in [0.3, 0.4) is 0 Å². The van der Waals surface area contributed by atoms with E-state index in [-0.39, 0.29) is 6.10 Å². The highest BCUT2D eigenvalue weighted by Crippen LogP contribution is 2.27. The van der Waals surface area contributed by atoms with E-state index in [1.165, 1.54) is 4.88 Å². The first-order valence-corrected chi connectivity index (χ1v) is 8.00. The van der Waals surface area contributed by atoms with Gasteiger partial charge < -0.3 is 10.1 Å². The topological polar surface area (TPSA) is 59.9 Å². The number of aryl methyl sites for hydroxylation is 1. The van der Waals surface area contributed by atoms with Gasteiger partial charge in [0.2, 0.25) is 5.88 Å². The number of nitrogens with one attached hydrogen (secondary N) is 1. The van der Waals surface area contributed by atoms with Crippen molar-refractivity contribution >= 4 is 27.4 Å². The van der Waals surface area contributed by atoms with Crippen molar-refractivity contribution in [2.24, 2.45) is 0 Å². The van der Waals surface area contributed by atoms with E-state index in [2.05, 4.69) is 33.3 Å². The summed E-state index contributed by atoms with van der Waals surface area (Å²) in [4.78, 5) is 15.2. The molecule has 22 heavy (non-hydrogen) atoms. The highest BCUT2D eigenvalue weighted by Gasteiger charge is 2.07. The number of nitrogens with zero attached hydrogens (tertiary/aromatic N) is 3. The Morgan fingerprint density at radius 2 is 2.09 bits per heavy atom. The Morgan fingerprint density at radius 1 is 1.23 bits per heavy atom. The number of fused-ring (bicyclic) bond motifs is 1. The lowest BCUT2D eigenvalue weighted by Crippen LogP contribution is -2.07. The quantitative estimate of drug-likeness (QED) is 0.776. The summed E-state index contributed by atoms with van der Waals surface area (Å²) >= 11 is 1.68. The van der Waals surface area contributed by atoms with E-state index in [4.69, 9.17) is 4.74 Å². The molecule has 0 fully saturated rings. The third-order valence-corrected chi connectivity index (χ3v) is 4.03. The molecular formula is C16H18N4OS. The standard InChI is InChI=1S/C16H18N4OS/c1-10(2)21-14-5-4-12(7-17-14)8-18-15-13-6-11(3)22-16(13)20-9-19-15/h4-7,9-10H,8H2,1-3H3,(H,18,19,20). The third-order valence-electron chi connectivity index (χ3n) is 3.07. The van der Waals surface area contributed by atoms with Crippen LogP contribution in [0.15, 0.2) is 30.7 Å². The molecule has 0 aliphatic heterocycles. The summed E-state index contributed by atoms with van der Waals surface area (Å²) in [7, 11) is 0. The monoisotopic (exact) mass is 314 g/mol. The Kier molecular flexibility index (Phi) is 4.20. The molecule has 5 nitrogen and oxygen atoms in total. The molecule has 0 spiro atoms. The van der Waals surface area contributed by atoms with Crippen molar-refractivity contribution in [3.8, 4) is 5.88 Å². The van der Waals surface area contributed by atoms with Gasteiger partial charge in [-0.05, 0) is 32.4 Å². The minimum absolute atomic E-state index is 0.132. The number of anilines is 1. The normalized spacial score (nSPS) is 11.1. The summed E-state index contributed by atoms with van der Waals surface area (Å²) in [5.41, 5.74) is 1.08. The molecule has 3 aromatic heterocycles. The van der Waals surface area contributed by atoms with E-state index >= 15 is 0 Å². The van der Waals surface area contributed by atoms with E-state index in [0.29, 0.717) is 12.4 Å². The number of rotatable bonds is 5. The molecule has 0 amide bonds. The van der Waals surface area contributed by atoms with Gasteiger partial charge in [-0.2, -0.15) is 0 Å². The van der Waals surface area contributed by atoms with Crippen LogP contribution in [0.25, 0.3) is 10.2 Å². The van der Waals surface area contributed by atoms with Crippen LogP contribution in [-0.4, -0.2) is 21.1 Å². The average molecular weight is 314 g/mol. The maximum atomic E-state index is 5.54. The van der Waals surface area contributed by atoms with Crippen molar-refractivity contribution in [3.05, 3.63) is 41.2 Å². The first-order chi connectivity index (χ1) is 10.6. The second-order valence-corrected chi connectivity index (χ2v) is 6.56. The number of aromatic nitrogens is 3. The second-order valence-electron chi connectivity index (χ2n) is 5.32. The van der Waals surface area contributed by atoms with Crippen LogP contribution in [0.2, 0.25) is 0 Å². The number of pyridine rings is 1. The van der Waals surface area contributed by atoms with Gasteiger partial charge in [0.25, 0.3) is 0 Å². The summed E-state index contributed by atoms with van der Waals surface area (Å²) in [6.45, 7) is 6.71. The Hall–Kier alpha value is -2.21. The van der Waals surface area contributed by atoms with E-state index < -0.39 is 0 Å². The fraction of sp³-hybridized carbons (Fsp3) is 0.312. The van der Waals surface area contributed by atoms with Gasteiger partial charge >= 0.3 is 0 Å². The van der Waals surface area contributed by atoms with E-state index in [1.54, 1.807) is 17.7 Å². The summed E-state index contributed by atoms with van der Waals surface area (Å²) in [6.07, 6.45) is 3.55. The Balaban J connectivity index is 1.71. The molecule has 0 bridgehead atoms. The van der Waals surface area contributed by atoms with Gasteiger partial charge in [0.1, 0.15) is 17.0 Å². The SMILES string of the molecule is Cc1cc2c(NCc3ccc(OC(C)C)nc3)ncnc2s1. The summed E-state index contributed by atoms with van der Waals surface area (Å²) in [5, 5.41) is 4.42. The zero-order valence-electron chi connectivity index (χ0n) is 12.8. The minimum atomic E-state index is 0.132.